The van der Waals surface area contributed by atoms with Crippen LogP contribution in [0.15, 0.2) is 57.5 Å². The molecule has 0 heterocycles. The minimum atomic E-state index is 0.166. The van der Waals surface area contributed by atoms with Crippen LogP contribution >= 0.6 is 31.9 Å². The van der Waals surface area contributed by atoms with Crippen LogP contribution < -0.4 is 0 Å². The lowest BCUT2D eigenvalue weighted by atomic mass is 9.90. The molecule has 2 nitrogen and oxygen atoms in total. The molecule has 0 saturated carbocycles. The van der Waals surface area contributed by atoms with Gasteiger partial charge in [0, 0.05) is 20.1 Å². The van der Waals surface area contributed by atoms with E-state index in [0.717, 1.165) is 69.0 Å². The van der Waals surface area contributed by atoms with Gasteiger partial charge >= 0.3 is 0 Å². The lowest BCUT2D eigenvalue weighted by Crippen LogP contribution is -1.93. The van der Waals surface area contributed by atoms with E-state index < -0.39 is 0 Å². The largest absolute Gasteiger partial charge is 0.507 e. The first kappa shape index (κ1) is 23.1. The molecule has 0 spiro atoms. The van der Waals surface area contributed by atoms with Crippen LogP contribution in [0.25, 0.3) is 32.7 Å². The zero-order valence-electron chi connectivity index (χ0n) is 18.5. The van der Waals surface area contributed by atoms with Crippen molar-refractivity contribution in [1.82, 2.24) is 0 Å². The van der Waals surface area contributed by atoms with E-state index in [1.807, 2.05) is 12.1 Å². The molecule has 4 rings (SSSR count). The third-order valence-corrected chi connectivity index (χ3v) is 8.11. The number of phenols is 2. The summed E-state index contributed by atoms with van der Waals surface area (Å²) in [6.45, 7) is 4.39. The molecule has 32 heavy (non-hydrogen) atoms. The lowest BCUT2D eigenvalue weighted by molar-refractivity contribution is 0.470. The number of aromatic hydroxyl groups is 2. The van der Waals surface area contributed by atoms with Crippen molar-refractivity contribution in [2.45, 2.75) is 52.4 Å². The molecule has 166 valence electrons. The Labute approximate surface area is 206 Å². The first-order valence-electron chi connectivity index (χ1n) is 11.3. The molecule has 0 unspecified atom stereocenters. The second-order valence-corrected chi connectivity index (χ2v) is 9.98. The van der Waals surface area contributed by atoms with Gasteiger partial charge in [-0.1, -0.05) is 51.0 Å². The Morgan fingerprint density at radius 3 is 1.31 bits per heavy atom. The van der Waals surface area contributed by atoms with Crippen molar-refractivity contribution < 1.29 is 10.2 Å². The van der Waals surface area contributed by atoms with Crippen molar-refractivity contribution >= 4 is 53.4 Å². The summed E-state index contributed by atoms with van der Waals surface area (Å²) in [6, 6.07) is 15.8. The summed E-state index contributed by atoms with van der Waals surface area (Å²) in [4.78, 5) is 0. The molecule has 2 N–H and O–H groups in total. The van der Waals surface area contributed by atoms with Crippen molar-refractivity contribution in [3.05, 3.63) is 68.6 Å². The van der Waals surface area contributed by atoms with Crippen molar-refractivity contribution in [3.8, 4) is 22.6 Å². The van der Waals surface area contributed by atoms with E-state index in [-0.39, 0.29) is 11.5 Å². The Kier molecular flexibility index (Phi) is 7.11. The van der Waals surface area contributed by atoms with E-state index in [2.05, 4.69) is 70.0 Å². The first-order valence-corrected chi connectivity index (χ1v) is 12.9. The molecular weight excluding hydrogens is 528 g/mol. The third kappa shape index (κ3) is 4.15. The van der Waals surface area contributed by atoms with Crippen LogP contribution in [0.3, 0.4) is 0 Å². The number of unbranched alkanes of at least 4 members (excludes halogenated alkanes) is 2. The Morgan fingerprint density at radius 1 is 0.562 bits per heavy atom. The quantitative estimate of drug-likeness (QED) is 0.238. The summed E-state index contributed by atoms with van der Waals surface area (Å²) in [5.74, 6) is 0.333. The van der Waals surface area contributed by atoms with Crippen LogP contribution in [-0.2, 0) is 12.8 Å². The fourth-order valence-corrected chi connectivity index (χ4v) is 5.80. The van der Waals surface area contributed by atoms with E-state index >= 15 is 0 Å². The summed E-state index contributed by atoms with van der Waals surface area (Å²) in [6.07, 6.45) is 6.57. The first-order chi connectivity index (χ1) is 15.5. The number of fused-ring (bicyclic) bond motifs is 2. The van der Waals surface area contributed by atoms with E-state index in [4.69, 9.17) is 0 Å². The van der Waals surface area contributed by atoms with E-state index in [0.29, 0.717) is 11.1 Å². The molecular formula is C28H28Br2O2. The maximum atomic E-state index is 10.9. The number of rotatable bonds is 7. The van der Waals surface area contributed by atoms with Gasteiger partial charge in [0.1, 0.15) is 11.5 Å². The predicted octanol–water partition coefficient (Wildman–Crippen LogP) is 9.28. The number of hydrogen-bond acceptors (Lipinski definition) is 2. The zero-order chi connectivity index (χ0) is 22.8. The van der Waals surface area contributed by atoms with Gasteiger partial charge in [-0.15, -0.1) is 0 Å². The molecule has 0 atom stereocenters. The fraction of sp³-hybridized carbons (Fsp3) is 0.286. The second-order valence-electron chi connectivity index (χ2n) is 8.39. The molecule has 4 heteroatoms. The van der Waals surface area contributed by atoms with E-state index in [1.165, 1.54) is 11.1 Å². The summed E-state index contributed by atoms with van der Waals surface area (Å²) < 4.78 is 2.12. The van der Waals surface area contributed by atoms with Crippen molar-refractivity contribution in [2.75, 3.05) is 0 Å². The molecule has 0 amide bonds. The van der Waals surface area contributed by atoms with Crippen molar-refractivity contribution in [3.63, 3.8) is 0 Å². The number of benzene rings is 4. The third-order valence-electron chi connectivity index (χ3n) is 6.24. The Hall–Kier alpha value is -2.04. The SMILES string of the molecule is CCCCc1ccc2c(-c3c(O)ccc4c(Br)c(CCCC)ccc34)c(O)ccc2c1Br. The number of hydrogen-bond donors (Lipinski definition) is 2. The van der Waals surface area contributed by atoms with Crippen LogP contribution in [0.2, 0.25) is 0 Å². The highest BCUT2D eigenvalue weighted by atomic mass is 79.9. The molecule has 4 aromatic carbocycles. The highest BCUT2D eigenvalue weighted by Gasteiger charge is 2.20. The van der Waals surface area contributed by atoms with Crippen LogP contribution in [0.5, 0.6) is 11.5 Å². The average Bonchev–Trinajstić information content (AvgIpc) is 2.79. The molecule has 0 radical (unpaired) electrons. The monoisotopic (exact) mass is 554 g/mol. The molecule has 0 aliphatic heterocycles. The molecule has 0 aromatic heterocycles. The highest BCUT2D eigenvalue weighted by Crippen LogP contribution is 2.47. The smallest absolute Gasteiger partial charge is 0.124 e. The fourth-order valence-electron chi connectivity index (χ4n) is 4.45. The molecule has 0 fully saturated rings. The van der Waals surface area contributed by atoms with Gasteiger partial charge in [-0.25, -0.2) is 0 Å². The molecule has 4 aromatic rings. The van der Waals surface area contributed by atoms with Crippen molar-refractivity contribution in [1.29, 1.82) is 0 Å². The molecule has 0 aliphatic rings. The average molecular weight is 556 g/mol. The Morgan fingerprint density at radius 2 is 0.938 bits per heavy atom. The van der Waals surface area contributed by atoms with Crippen molar-refractivity contribution in [2.24, 2.45) is 0 Å². The predicted molar refractivity (Wildman–Crippen MR) is 143 cm³/mol. The van der Waals surface area contributed by atoms with Gasteiger partial charge in [-0.2, -0.15) is 0 Å². The normalized spacial score (nSPS) is 11.5. The summed E-state index contributed by atoms with van der Waals surface area (Å²) in [5, 5.41) is 25.8. The van der Waals surface area contributed by atoms with E-state index in [1.54, 1.807) is 12.1 Å². The van der Waals surface area contributed by atoms with Gasteiger partial charge in [0.25, 0.3) is 0 Å². The van der Waals surface area contributed by atoms with Crippen LogP contribution in [0, 0.1) is 0 Å². The van der Waals surface area contributed by atoms with Gasteiger partial charge in [-0.05, 0) is 114 Å². The number of halogens is 2. The topological polar surface area (TPSA) is 40.5 Å². The highest BCUT2D eigenvalue weighted by molar-refractivity contribution is 9.11. The Balaban J connectivity index is 1.98. The summed E-state index contributed by atoms with van der Waals surface area (Å²) >= 11 is 7.61. The zero-order valence-corrected chi connectivity index (χ0v) is 21.7. The molecule has 0 aliphatic carbocycles. The van der Waals surface area contributed by atoms with Gasteiger partial charge in [0.05, 0.1) is 0 Å². The molecule has 0 bridgehead atoms. The lowest BCUT2D eigenvalue weighted by Gasteiger charge is -2.17. The van der Waals surface area contributed by atoms with Crippen LogP contribution in [-0.4, -0.2) is 10.2 Å². The minimum Gasteiger partial charge on any atom is -0.507 e. The summed E-state index contributed by atoms with van der Waals surface area (Å²) in [5.41, 5.74) is 3.87. The Bertz CT molecular complexity index is 1190. The maximum absolute atomic E-state index is 10.9. The van der Waals surface area contributed by atoms with Crippen LogP contribution in [0.4, 0.5) is 0 Å². The van der Waals surface area contributed by atoms with E-state index in [9.17, 15) is 10.2 Å². The second kappa shape index (κ2) is 9.84. The van der Waals surface area contributed by atoms with Gasteiger partial charge in [-0.3, -0.25) is 0 Å². The van der Waals surface area contributed by atoms with Crippen LogP contribution in [0.1, 0.15) is 50.7 Å². The van der Waals surface area contributed by atoms with Gasteiger partial charge < -0.3 is 10.2 Å². The number of phenolic OH excluding ortho intramolecular Hbond substituents is 2. The summed E-state index contributed by atoms with van der Waals surface area (Å²) in [7, 11) is 0. The standard InChI is InChI=1S/C28H28Br2O2/c1-3-5-7-17-9-11-19-21(27(17)29)13-15-23(31)25(19)26-20-12-10-18(8-6-4-2)28(30)22(20)14-16-24(26)32/h9-16,31-32H,3-8H2,1-2H3. The van der Waals surface area contributed by atoms with Gasteiger partial charge in [0.2, 0.25) is 0 Å². The molecule has 0 saturated heterocycles. The van der Waals surface area contributed by atoms with Gasteiger partial charge in [0.15, 0.2) is 0 Å². The maximum Gasteiger partial charge on any atom is 0.124 e. The number of aryl methyl sites for hydroxylation is 2. The minimum absolute atomic E-state index is 0.166.